The number of carbonyl (C=O) groups is 1. The molecule has 2 aliphatic rings. The molecule has 2 heterocycles. The minimum Gasteiger partial charge on any atom is -0.497 e. The molecule has 0 aliphatic carbocycles. The van der Waals surface area contributed by atoms with Gasteiger partial charge in [-0.25, -0.2) is 0 Å². The van der Waals surface area contributed by atoms with Crippen LogP contribution < -0.4 is 4.74 Å². The SMILES string of the molecule is COc1ccc(CN2CCCN(C(=O)C3CCOCC3)CC2)cc1. The third-order valence-corrected chi connectivity index (χ3v) is 5.04. The van der Waals surface area contributed by atoms with Crippen LogP contribution in [0.5, 0.6) is 5.75 Å². The summed E-state index contributed by atoms with van der Waals surface area (Å²) >= 11 is 0. The zero-order valence-corrected chi connectivity index (χ0v) is 14.6. The Balaban J connectivity index is 1.51. The zero-order valence-electron chi connectivity index (χ0n) is 14.6. The summed E-state index contributed by atoms with van der Waals surface area (Å²) in [5.41, 5.74) is 1.29. The molecule has 1 aromatic carbocycles. The summed E-state index contributed by atoms with van der Waals surface area (Å²) in [4.78, 5) is 17.2. The first kappa shape index (κ1) is 17.2. The topological polar surface area (TPSA) is 42.0 Å². The van der Waals surface area contributed by atoms with Crippen molar-refractivity contribution in [1.82, 2.24) is 9.80 Å². The Kier molecular flexibility index (Phi) is 6.10. The number of ether oxygens (including phenoxy) is 2. The van der Waals surface area contributed by atoms with Crippen molar-refractivity contribution in [1.29, 1.82) is 0 Å². The lowest BCUT2D eigenvalue weighted by molar-refractivity contribution is -0.138. The summed E-state index contributed by atoms with van der Waals surface area (Å²) in [7, 11) is 1.69. The number of benzene rings is 1. The summed E-state index contributed by atoms with van der Waals surface area (Å²) in [5, 5.41) is 0. The van der Waals surface area contributed by atoms with Crippen LogP contribution in [-0.4, -0.2) is 62.2 Å². The maximum absolute atomic E-state index is 12.7. The summed E-state index contributed by atoms with van der Waals surface area (Å²) in [6.07, 6.45) is 2.81. The number of methoxy groups -OCH3 is 1. The Bertz CT molecular complexity index is 526. The molecule has 2 fully saturated rings. The lowest BCUT2D eigenvalue weighted by Gasteiger charge is -2.28. The summed E-state index contributed by atoms with van der Waals surface area (Å²) < 4.78 is 10.6. The zero-order chi connectivity index (χ0) is 16.8. The largest absolute Gasteiger partial charge is 0.497 e. The molecule has 132 valence electrons. The molecule has 3 rings (SSSR count). The van der Waals surface area contributed by atoms with Gasteiger partial charge in [-0.15, -0.1) is 0 Å². The predicted molar refractivity (Wildman–Crippen MR) is 93.0 cm³/mol. The van der Waals surface area contributed by atoms with Crippen LogP contribution in [0.2, 0.25) is 0 Å². The van der Waals surface area contributed by atoms with Crippen LogP contribution in [0, 0.1) is 5.92 Å². The van der Waals surface area contributed by atoms with Gasteiger partial charge in [-0.1, -0.05) is 12.1 Å². The average molecular weight is 332 g/mol. The van der Waals surface area contributed by atoms with Crippen molar-refractivity contribution in [3.8, 4) is 5.75 Å². The standard InChI is InChI=1S/C19H28N2O3/c1-23-18-5-3-16(4-6-18)15-20-9-2-10-21(12-11-20)19(22)17-7-13-24-14-8-17/h3-6,17H,2,7-15H2,1H3. The molecule has 2 saturated heterocycles. The van der Waals surface area contributed by atoms with E-state index in [-0.39, 0.29) is 5.92 Å². The lowest BCUT2D eigenvalue weighted by atomic mass is 9.98. The van der Waals surface area contributed by atoms with Gasteiger partial charge in [0.05, 0.1) is 7.11 Å². The molecule has 24 heavy (non-hydrogen) atoms. The highest BCUT2D eigenvalue weighted by atomic mass is 16.5. The van der Waals surface area contributed by atoms with E-state index in [9.17, 15) is 4.79 Å². The monoisotopic (exact) mass is 332 g/mol. The van der Waals surface area contributed by atoms with Crippen LogP contribution in [-0.2, 0) is 16.1 Å². The Morgan fingerprint density at radius 1 is 1.12 bits per heavy atom. The Morgan fingerprint density at radius 2 is 1.88 bits per heavy atom. The molecule has 0 N–H and O–H groups in total. The Morgan fingerprint density at radius 3 is 2.58 bits per heavy atom. The van der Waals surface area contributed by atoms with Crippen molar-refractivity contribution in [3.63, 3.8) is 0 Å². The van der Waals surface area contributed by atoms with Gasteiger partial charge in [0.1, 0.15) is 5.75 Å². The van der Waals surface area contributed by atoms with Crippen molar-refractivity contribution in [2.24, 2.45) is 5.92 Å². The minimum absolute atomic E-state index is 0.173. The number of nitrogens with zero attached hydrogens (tertiary/aromatic N) is 2. The van der Waals surface area contributed by atoms with Gasteiger partial charge in [-0.05, 0) is 37.0 Å². The number of hydrogen-bond acceptors (Lipinski definition) is 4. The van der Waals surface area contributed by atoms with E-state index in [1.54, 1.807) is 7.11 Å². The third kappa shape index (κ3) is 4.48. The number of rotatable bonds is 4. The fraction of sp³-hybridized carbons (Fsp3) is 0.632. The molecule has 0 bridgehead atoms. The molecule has 5 heteroatoms. The second-order valence-electron chi connectivity index (χ2n) is 6.69. The van der Waals surface area contributed by atoms with Crippen LogP contribution in [0.25, 0.3) is 0 Å². The maximum atomic E-state index is 12.7. The minimum atomic E-state index is 0.173. The van der Waals surface area contributed by atoms with Gasteiger partial charge in [0.25, 0.3) is 0 Å². The summed E-state index contributed by atoms with van der Waals surface area (Å²) in [5.74, 6) is 1.40. The second-order valence-corrected chi connectivity index (χ2v) is 6.69. The molecule has 0 saturated carbocycles. The molecule has 1 amide bonds. The second kappa shape index (κ2) is 8.49. The molecule has 2 aliphatic heterocycles. The highest BCUT2D eigenvalue weighted by molar-refractivity contribution is 5.79. The van der Waals surface area contributed by atoms with E-state index >= 15 is 0 Å². The quantitative estimate of drug-likeness (QED) is 0.847. The van der Waals surface area contributed by atoms with Crippen LogP contribution in [0.4, 0.5) is 0 Å². The summed E-state index contributed by atoms with van der Waals surface area (Å²) in [6, 6.07) is 8.26. The normalized spacial score (nSPS) is 20.6. The van der Waals surface area contributed by atoms with Gasteiger partial charge in [0.2, 0.25) is 5.91 Å². The van der Waals surface area contributed by atoms with Gasteiger partial charge in [0.15, 0.2) is 0 Å². The van der Waals surface area contributed by atoms with E-state index in [1.807, 2.05) is 12.1 Å². The van der Waals surface area contributed by atoms with Gasteiger partial charge >= 0.3 is 0 Å². The molecule has 0 unspecified atom stereocenters. The fourth-order valence-electron chi connectivity index (χ4n) is 3.54. The van der Waals surface area contributed by atoms with E-state index < -0.39 is 0 Å². The molecule has 0 spiro atoms. The number of amides is 1. The van der Waals surface area contributed by atoms with Crippen LogP contribution in [0.3, 0.4) is 0 Å². The van der Waals surface area contributed by atoms with Gasteiger partial charge in [-0.3, -0.25) is 9.69 Å². The molecule has 1 aromatic rings. The smallest absolute Gasteiger partial charge is 0.225 e. The van der Waals surface area contributed by atoms with E-state index in [2.05, 4.69) is 21.9 Å². The first-order chi connectivity index (χ1) is 11.8. The molecular weight excluding hydrogens is 304 g/mol. The van der Waals surface area contributed by atoms with Crippen LogP contribution in [0.15, 0.2) is 24.3 Å². The summed E-state index contributed by atoms with van der Waals surface area (Å²) in [6.45, 7) is 6.11. The number of hydrogen-bond donors (Lipinski definition) is 0. The van der Waals surface area contributed by atoms with Crippen molar-refractivity contribution in [2.75, 3.05) is 46.5 Å². The Labute approximate surface area is 144 Å². The van der Waals surface area contributed by atoms with E-state index in [4.69, 9.17) is 9.47 Å². The molecule has 0 radical (unpaired) electrons. The van der Waals surface area contributed by atoms with Crippen molar-refractivity contribution < 1.29 is 14.3 Å². The van der Waals surface area contributed by atoms with E-state index in [0.717, 1.165) is 70.9 Å². The van der Waals surface area contributed by atoms with Gasteiger partial charge in [0, 0.05) is 51.9 Å². The fourth-order valence-corrected chi connectivity index (χ4v) is 3.54. The lowest BCUT2D eigenvalue weighted by Crippen LogP contribution is -2.40. The highest BCUT2D eigenvalue weighted by Gasteiger charge is 2.27. The maximum Gasteiger partial charge on any atom is 0.225 e. The highest BCUT2D eigenvalue weighted by Crippen LogP contribution is 2.19. The first-order valence-corrected chi connectivity index (χ1v) is 8.98. The average Bonchev–Trinajstić information content (AvgIpc) is 2.88. The number of carbonyl (C=O) groups excluding carboxylic acids is 1. The van der Waals surface area contributed by atoms with Crippen molar-refractivity contribution in [2.45, 2.75) is 25.8 Å². The van der Waals surface area contributed by atoms with E-state index in [0.29, 0.717) is 5.91 Å². The predicted octanol–water partition coefficient (Wildman–Crippen LogP) is 2.16. The Hall–Kier alpha value is -1.59. The van der Waals surface area contributed by atoms with Gasteiger partial charge < -0.3 is 14.4 Å². The third-order valence-electron chi connectivity index (χ3n) is 5.04. The van der Waals surface area contributed by atoms with Gasteiger partial charge in [-0.2, -0.15) is 0 Å². The van der Waals surface area contributed by atoms with Crippen molar-refractivity contribution >= 4 is 5.91 Å². The van der Waals surface area contributed by atoms with E-state index in [1.165, 1.54) is 5.56 Å². The van der Waals surface area contributed by atoms with Crippen molar-refractivity contribution in [3.05, 3.63) is 29.8 Å². The molecule has 5 nitrogen and oxygen atoms in total. The molecule has 0 atom stereocenters. The van der Waals surface area contributed by atoms with Crippen LogP contribution in [0.1, 0.15) is 24.8 Å². The first-order valence-electron chi connectivity index (χ1n) is 8.98. The van der Waals surface area contributed by atoms with Crippen LogP contribution >= 0.6 is 0 Å². The molecular formula is C19H28N2O3. The molecule has 0 aromatic heterocycles.